The van der Waals surface area contributed by atoms with E-state index >= 15 is 0 Å². The minimum Gasteiger partial charge on any atom is -0.310 e. The van der Waals surface area contributed by atoms with Gasteiger partial charge in [0.05, 0.1) is 0 Å². The first-order valence-electron chi connectivity index (χ1n) is 15.2. The van der Waals surface area contributed by atoms with E-state index in [0.29, 0.717) is 0 Å². The molecule has 0 aromatic heterocycles. The zero-order valence-corrected chi connectivity index (χ0v) is 27.1. The van der Waals surface area contributed by atoms with Crippen LogP contribution in [0.1, 0.15) is 25.0 Å². The molecule has 45 heavy (non-hydrogen) atoms. The van der Waals surface area contributed by atoms with Gasteiger partial charge in [-0.2, -0.15) is 0 Å². The number of benzene rings is 6. The van der Waals surface area contributed by atoms with Crippen molar-refractivity contribution in [2.75, 3.05) is 9.80 Å². The highest BCUT2D eigenvalue weighted by molar-refractivity contribution is 9.10. The van der Waals surface area contributed by atoms with Crippen LogP contribution in [0.25, 0.3) is 23.3 Å². The molecule has 6 aromatic carbocycles. The first-order valence-corrected chi connectivity index (χ1v) is 16.0. The summed E-state index contributed by atoms with van der Waals surface area (Å²) in [4.78, 5) is 4.63. The molecule has 0 aliphatic heterocycles. The van der Waals surface area contributed by atoms with Crippen molar-refractivity contribution < 1.29 is 0 Å². The number of anilines is 6. The molecule has 0 aliphatic carbocycles. The molecule has 6 aromatic rings. The molecule has 6 rings (SSSR count). The zero-order chi connectivity index (χ0) is 31.0. The van der Waals surface area contributed by atoms with Gasteiger partial charge in [0.1, 0.15) is 0 Å². The number of rotatable bonds is 9. The minimum atomic E-state index is 0.998. The number of hydrogen-bond donors (Lipinski definition) is 0. The summed E-state index contributed by atoms with van der Waals surface area (Å²) in [6.45, 7) is 4.09. The van der Waals surface area contributed by atoms with Crippen molar-refractivity contribution in [1.29, 1.82) is 0 Å². The molecular weight excluding hydrogens is 612 g/mol. The molecule has 0 unspecified atom stereocenters. The average Bonchev–Trinajstić information content (AvgIpc) is 3.08. The van der Waals surface area contributed by atoms with Crippen LogP contribution in [0.4, 0.5) is 34.1 Å². The predicted octanol–water partition coefficient (Wildman–Crippen LogP) is 13.1. The maximum absolute atomic E-state index is 3.87. The van der Waals surface area contributed by atoms with Crippen LogP contribution >= 0.6 is 15.9 Å². The molecule has 0 spiro atoms. The molecule has 0 atom stereocenters. The van der Waals surface area contributed by atoms with Crippen LogP contribution in [0.3, 0.4) is 0 Å². The maximum Gasteiger partial charge on any atom is 0.0493 e. The van der Waals surface area contributed by atoms with Crippen LogP contribution in [0, 0.1) is 0 Å². The highest BCUT2D eigenvalue weighted by Gasteiger charge is 2.18. The Labute approximate surface area is 275 Å². The fourth-order valence-electron chi connectivity index (χ4n) is 5.58. The summed E-state index contributed by atoms with van der Waals surface area (Å²) < 4.78 is 0.998. The molecular formula is C42H35BrN2. The Kier molecular flexibility index (Phi) is 9.38. The smallest absolute Gasteiger partial charge is 0.0493 e. The van der Waals surface area contributed by atoms with E-state index in [4.69, 9.17) is 0 Å². The van der Waals surface area contributed by atoms with Crippen LogP contribution < -0.4 is 9.80 Å². The summed E-state index contributed by atoms with van der Waals surface area (Å²) in [6, 6.07) is 53.9. The second-order valence-electron chi connectivity index (χ2n) is 10.8. The van der Waals surface area contributed by atoms with Gasteiger partial charge < -0.3 is 9.80 Å². The van der Waals surface area contributed by atoms with E-state index < -0.39 is 0 Å². The summed E-state index contributed by atoms with van der Waals surface area (Å²) >= 11 is 3.87. The van der Waals surface area contributed by atoms with Crippen LogP contribution in [-0.4, -0.2) is 0 Å². The van der Waals surface area contributed by atoms with Crippen molar-refractivity contribution in [3.8, 4) is 11.1 Å². The van der Waals surface area contributed by atoms with E-state index in [1.54, 1.807) is 0 Å². The lowest BCUT2D eigenvalue weighted by Gasteiger charge is -2.30. The van der Waals surface area contributed by atoms with Gasteiger partial charge in [-0.1, -0.05) is 125 Å². The highest BCUT2D eigenvalue weighted by atomic mass is 79.9. The standard InChI is InChI=1S/C42H35BrN2/c1-3-11-32-17-23-38(24-18-32)45(39-25-19-33(12-4-2)20-26-39)42-30-36(43)29-41(31-42)44(37-15-9-6-10-16-37)40-27-21-35(22-28-40)34-13-7-5-8-14-34/h3-31H,1-2H3/b11-3+,12-4+. The molecule has 0 saturated heterocycles. The lowest BCUT2D eigenvalue weighted by Crippen LogP contribution is -2.13. The third-order valence-electron chi connectivity index (χ3n) is 7.65. The SMILES string of the molecule is C/C=C/c1ccc(N(c2ccc(/C=C/C)cc2)c2cc(Br)cc(N(c3ccccc3)c3ccc(-c4ccccc4)cc3)c2)cc1. The van der Waals surface area contributed by atoms with E-state index in [1.165, 1.54) is 22.3 Å². The van der Waals surface area contributed by atoms with Crippen molar-refractivity contribution in [3.05, 3.63) is 179 Å². The molecule has 0 fully saturated rings. The Morgan fingerprint density at radius 1 is 0.400 bits per heavy atom. The fourth-order valence-corrected chi connectivity index (χ4v) is 6.05. The maximum atomic E-state index is 3.87. The minimum absolute atomic E-state index is 0.998. The summed E-state index contributed by atoms with van der Waals surface area (Å²) in [6.07, 6.45) is 8.38. The quantitative estimate of drug-likeness (QED) is 0.154. The zero-order valence-electron chi connectivity index (χ0n) is 25.5. The lowest BCUT2D eigenvalue weighted by atomic mass is 10.0. The molecule has 3 heteroatoms. The van der Waals surface area contributed by atoms with E-state index in [9.17, 15) is 0 Å². The van der Waals surface area contributed by atoms with Crippen molar-refractivity contribution in [3.63, 3.8) is 0 Å². The third kappa shape index (κ3) is 7.01. The van der Waals surface area contributed by atoms with Crippen LogP contribution in [-0.2, 0) is 0 Å². The van der Waals surface area contributed by atoms with E-state index in [2.05, 4.69) is 202 Å². The summed E-state index contributed by atoms with van der Waals surface area (Å²) in [5.41, 5.74) is 11.2. The second-order valence-corrected chi connectivity index (χ2v) is 11.7. The molecule has 2 nitrogen and oxygen atoms in total. The van der Waals surface area contributed by atoms with Gasteiger partial charge in [0.2, 0.25) is 0 Å². The molecule has 0 saturated carbocycles. The van der Waals surface area contributed by atoms with Gasteiger partial charge in [-0.25, -0.2) is 0 Å². The van der Waals surface area contributed by atoms with Gasteiger partial charge in [0, 0.05) is 38.6 Å². The third-order valence-corrected chi connectivity index (χ3v) is 8.11. The summed E-state index contributed by atoms with van der Waals surface area (Å²) in [7, 11) is 0. The average molecular weight is 648 g/mol. The van der Waals surface area contributed by atoms with Crippen molar-refractivity contribution in [2.24, 2.45) is 0 Å². The summed E-state index contributed by atoms with van der Waals surface area (Å²) in [5.74, 6) is 0. The fraction of sp³-hybridized carbons (Fsp3) is 0.0476. The number of nitrogens with zero attached hydrogens (tertiary/aromatic N) is 2. The molecule has 0 aliphatic rings. The van der Waals surface area contributed by atoms with Gasteiger partial charge in [-0.3, -0.25) is 0 Å². The van der Waals surface area contributed by atoms with Gasteiger partial charge >= 0.3 is 0 Å². The predicted molar refractivity (Wildman–Crippen MR) is 198 cm³/mol. The normalized spacial score (nSPS) is 11.3. The van der Waals surface area contributed by atoms with Gasteiger partial charge in [-0.05, 0) is 103 Å². The Morgan fingerprint density at radius 3 is 1.22 bits per heavy atom. The van der Waals surface area contributed by atoms with E-state index in [0.717, 1.165) is 38.6 Å². The number of para-hydroxylation sites is 1. The molecule has 0 heterocycles. The molecule has 0 amide bonds. The van der Waals surface area contributed by atoms with Crippen molar-refractivity contribution in [2.45, 2.75) is 13.8 Å². The van der Waals surface area contributed by atoms with E-state index in [-0.39, 0.29) is 0 Å². The van der Waals surface area contributed by atoms with Crippen molar-refractivity contribution >= 4 is 62.2 Å². The Bertz CT molecular complexity index is 1840. The lowest BCUT2D eigenvalue weighted by molar-refractivity contribution is 1.24. The Hall–Kier alpha value is -5.12. The monoisotopic (exact) mass is 646 g/mol. The van der Waals surface area contributed by atoms with Gasteiger partial charge in [0.25, 0.3) is 0 Å². The molecule has 0 radical (unpaired) electrons. The first-order chi connectivity index (χ1) is 22.1. The Balaban J connectivity index is 1.48. The molecule has 220 valence electrons. The summed E-state index contributed by atoms with van der Waals surface area (Å²) in [5, 5.41) is 0. The van der Waals surface area contributed by atoms with E-state index in [1.807, 2.05) is 13.8 Å². The second kappa shape index (κ2) is 14.1. The van der Waals surface area contributed by atoms with Gasteiger partial charge in [-0.15, -0.1) is 0 Å². The Morgan fingerprint density at radius 2 is 0.778 bits per heavy atom. The van der Waals surface area contributed by atoms with Crippen LogP contribution in [0.15, 0.2) is 168 Å². The molecule has 0 bridgehead atoms. The largest absolute Gasteiger partial charge is 0.310 e. The number of halogens is 1. The number of allylic oxidation sites excluding steroid dienone is 2. The number of hydrogen-bond acceptors (Lipinski definition) is 2. The first kappa shape index (κ1) is 29.9. The van der Waals surface area contributed by atoms with Crippen molar-refractivity contribution in [1.82, 2.24) is 0 Å². The molecule has 0 N–H and O–H groups in total. The highest BCUT2D eigenvalue weighted by Crippen LogP contribution is 2.42. The van der Waals surface area contributed by atoms with Crippen LogP contribution in [0.5, 0.6) is 0 Å². The van der Waals surface area contributed by atoms with Crippen LogP contribution in [0.2, 0.25) is 0 Å². The topological polar surface area (TPSA) is 6.48 Å². The van der Waals surface area contributed by atoms with Gasteiger partial charge in [0.15, 0.2) is 0 Å².